The van der Waals surface area contributed by atoms with Gasteiger partial charge < -0.3 is 29.0 Å². The van der Waals surface area contributed by atoms with Gasteiger partial charge in [0, 0.05) is 5.56 Å². The van der Waals surface area contributed by atoms with Crippen LogP contribution in [0.1, 0.15) is 15.9 Å². The molecule has 1 aliphatic heterocycles. The summed E-state index contributed by atoms with van der Waals surface area (Å²) >= 11 is 0. The van der Waals surface area contributed by atoms with Gasteiger partial charge in [-0.1, -0.05) is 0 Å². The molecule has 2 aromatic carbocycles. The molecular formula is C19H16F2N2O9. The second-order valence-electron chi connectivity index (χ2n) is 6.18. The molecule has 1 amide bonds. The number of carbonyl (C=O) groups excluding carboxylic acids is 2. The number of ether oxygens (including phenoxy) is 5. The predicted octanol–water partition coefficient (Wildman–Crippen LogP) is 2.41. The van der Waals surface area contributed by atoms with Crippen LogP contribution in [0.4, 0.5) is 14.5 Å². The van der Waals surface area contributed by atoms with Gasteiger partial charge in [-0.05, 0) is 24.3 Å². The Morgan fingerprint density at radius 3 is 2.62 bits per heavy atom. The summed E-state index contributed by atoms with van der Waals surface area (Å²) in [6, 6.07) is 6.27. The topological polar surface area (TPSA) is 135 Å². The summed E-state index contributed by atoms with van der Waals surface area (Å²) in [5.41, 5.74) is -0.514. The number of alkyl halides is 2. The fourth-order valence-electron chi connectivity index (χ4n) is 2.73. The molecule has 0 aromatic heterocycles. The minimum Gasteiger partial charge on any atom is -0.493 e. The third kappa shape index (κ3) is 5.30. The van der Waals surface area contributed by atoms with Crippen molar-refractivity contribution in [1.82, 2.24) is 5.32 Å². The number of hydrogen-bond donors (Lipinski definition) is 1. The molecule has 11 nitrogen and oxygen atoms in total. The van der Waals surface area contributed by atoms with Crippen LogP contribution in [-0.2, 0) is 16.1 Å². The van der Waals surface area contributed by atoms with E-state index in [-0.39, 0.29) is 23.7 Å². The fourth-order valence-corrected chi connectivity index (χ4v) is 2.73. The molecule has 2 aromatic rings. The van der Waals surface area contributed by atoms with E-state index in [0.29, 0.717) is 11.5 Å². The summed E-state index contributed by atoms with van der Waals surface area (Å²) < 4.78 is 49.4. The number of fused-ring (bicyclic) bond motifs is 1. The average Bonchev–Trinajstić information content (AvgIpc) is 3.23. The second kappa shape index (κ2) is 9.76. The van der Waals surface area contributed by atoms with Crippen LogP contribution in [0.3, 0.4) is 0 Å². The highest BCUT2D eigenvalue weighted by atomic mass is 19.3. The molecule has 170 valence electrons. The van der Waals surface area contributed by atoms with E-state index in [1.807, 2.05) is 0 Å². The van der Waals surface area contributed by atoms with E-state index >= 15 is 0 Å². The maximum Gasteiger partial charge on any atom is 0.387 e. The van der Waals surface area contributed by atoms with Gasteiger partial charge in [-0.3, -0.25) is 19.7 Å². The van der Waals surface area contributed by atoms with Crippen molar-refractivity contribution in [3.63, 3.8) is 0 Å². The number of nitro groups is 1. The van der Waals surface area contributed by atoms with E-state index in [1.165, 1.54) is 12.1 Å². The van der Waals surface area contributed by atoms with Crippen molar-refractivity contribution in [3.05, 3.63) is 51.6 Å². The Morgan fingerprint density at radius 2 is 1.94 bits per heavy atom. The first kappa shape index (κ1) is 22.5. The van der Waals surface area contributed by atoms with Crippen molar-refractivity contribution in [3.8, 4) is 23.0 Å². The number of halogens is 2. The molecule has 13 heteroatoms. The van der Waals surface area contributed by atoms with Crippen molar-refractivity contribution in [1.29, 1.82) is 0 Å². The van der Waals surface area contributed by atoms with Crippen molar-refractivity contribution in [2.45, 2.75) is 13.2 Å². The maximum atomic E-state index is 12.5. The third-order valence-electron chi connectivity index (χ3n) is 4.19. The smallest absolute Gasteiger partial charge is 0.387 e. The second-order valence-corrected chi connectivity index (χ2v) is 6.18. The lowest BCUT2D eigenvalue weighted by molar-refractivity contribution is -0.386. The molecule has 0 saturated carbocycles. The van der Waals surface area contributed by atoms with E-state index < -0.39 is 48.0 Å². The van der Waals surface area contributed by atoms with Gasteiger partial charge in [0.25, 0.3) is 11.6 Å². The first-order valence-corrected chi connectivity index (χ1v) is 8.92. The molecule has 0 fully saturated rings. The van der Waals surface area contributed by atoms with Gasteiger partial charge in [0.2, 0.25) is 6.79 Å². The first-order valence-electron chi connectivity index (χ1n) is 8.92. The van der Waals surface area contributed by atoms with Crippen LogP contribution in [0.5, 0.6) is 23.0 Å². The molecule has 3 rings (SSSR count). The minimum atomic E-state index is -3.22. The number of methoxy groups -OCH3 is 1. The average molecular weight is 454 g/mol. The van der Waals surface area contributed by atoms with Gasteiger partial charge in [-0.25, -0.2) is 0 Å². The van der Waals surface area contributed by atoms with E-state index in [4.69, 9.17) is 18.9 Å². The molecule has 1 aliphatic rings. The summed E-state index contributed by atoms with van der Waals surface area (Å²) in [5.74, 6) is -1.34. The molecule has 0 spiro atoms. The van der Waals surface area contributed by atoms with Gasteiger partial charge in [-0.2, -0.15) is 8.78 Å². The molecule has 0 radical (unpaired) electrons. The van der Waals surface area contributed by atoms with Gasteiger partial charge >= 0.3 is 12.6 Å². The van der Waals surface area contributed by atoms with Crippen molar-refractivity contribution in [2.24, 2.45) is 0 Å². The summed E-state index contributed by atoms with van der Waals surface area (Å²) in [5, 5.41) is 13.6. The monoisotopic (exact) mass is 454 g/mol. The number of esters is 1. The van der Waals surface area contributed by atoms with Gasteiger partial charge in [0.1, 0.15) is 13.2 Å². The standard InChI is InChI=1S/C19H16F2N2O9/c1-28-14-5-11(12(23(26)27)6-16(14)32-19(20)21)8-29-17(24)7-22-18(25)10-2-3-13-15(4-10)31-9-30-13/h2-6,19H,7-9H2,1H3,(H,22,25). The lowest BCUT2D eigenvalue weighted by atomic mass is 10.1. The molecular weight excluding hydrogens is 438 g/mol. The van der Waals surface area contributed by atoms with Crippen LogP contribution in [0, 0.1) is 10.1 Å². The van der Waals surface area contributed by atoms with Gasteiger partial charge in [0.05, 0.1) is 23.7 Å². The molecule has 0 unspecified atom stereocenters. The fraction of sp³-hybridized carbons (Fsp3) is 0.263. The van der Waals surface area contributed by atoms with Gasteiger partial charge in [0.15, 0.2) is 23.0 Å². The van der Waals surface area contributed by atoms with Crippen LogP contribution < -0.4 is 24.3 Å². The number of nitrogens with one attached hydrogen (secondary N) is 1. The van der Waals surface area contributed by atoms with Crippen LogP contribution in [0.2, 0.25) is 0 Å². The molecule has 1 heterocycles. The Morgan fingerprint density at radius 1 is 1.19 bits per heavy atom. The van der Waals surface area contributed by atoms with Crippen molar-refractivity contribution < 1.29 is 47.0 Å². The minimum absolute atomic E-state index is 0.0406. The quantitative estimate of drug-likeness (QED) is 0.344. The Labute approximate surface area is 178 Å². The molecule has 0 aliphatic carbocycles. The first-order chi connectivity index (χ1) is 15.3. The predicted molar refractivity (Wildman–Crippen MR) is 101 cm³/mol. The highest BCUT2D eigenvalue weighted by Crippen LogP contribution is 2.36. The Hall–Kier alpha value is -4.16. The van der Waals surface area contributed by atoms with E-state index in [1.54, 1.807) is 6.07 Å². The van der Waals surface area contributed by atoms with Gasteiger partial charge in [-0.15, -0.1) is 0 Å². The van der Waals surface area contributed by atoms with Crippen LogP contribution in [0.15, 0.2) is 30.3 Å². The number of nitro benzene ring substituents is 1. The molecule has 0 saturated heterocycles. The maximum absolute atomic E-state index is 12.5. The summed E-state index contributed by atoms with van der Waals surface area (Å²) in [6.07, 6.45) is 0. The molecule has 1 N–H and O–H groups in total. The van der Waals surface area contributed by atoms with Crippen LogP contribution in [-0.4, -0.2) is 43.9 Å². The van der Waals surface area contributed by atoms with Crippen molar-refractivity contribution >= 4 is 17.6 Å². The zero-order valence-electron chi connectivity index (χ0n) is 16.5. The molecule has 32 heavy (non-hydrogen) atoms. The Balaban J connectivity index is 1.61. The zero-order chi connectivity index (χ0) is 23.3. The number of carbonyl (C=O) groups is 2. The van der Waals surface area contributed by atoms with E-state index in [2.05, 4.69) is 10.1 Å². The summed E-state index contributed by atoms with van der Waals surface area (Å²) in [7, 11) is 1.15. The molecule has 0 atom stereocenters. The number of hydrogen-bond acceptors (Lipinski definition) is 9. The number of nitrogens with zero attached hydrogens (tertiary/aromatic N) is 1. The number of benzene rings is 2. The normalized spacial score (nSPS) is 11.8. The zero-order valence-corrected chi connectivity index (χ0v) is 16.5. The van der Waals surface area contributed by atoms with Crippen molar-refractivity contribution in [2.75, 3.05) is 20.4 Å². The Bertz CT molecular complexity index is 1050. The SMILES string of the molecule is COc1cc(COC(=O)CNC(=O)c2ccc3c(c2)OCO3)c([N+](=O)[O-])cc1OC(F)F. The number of amides is 1. The summed E-state index contributed by atoms with van der Waals surface area (Å²) in [6.45, 7) is -4.27. The van der Waals surface area contributed by atoms with E-state index in [9.17, 15) is 28.5 Å². The summed E-state index contributed by atoms with van der Waals surface area (Å²) in [4.78, 5) is 34.6. The third-order valence-corrected chi connectivity index (χ3v) is 4.19. The lowest BCUT2D eigenvalue weighted by Crippen LogP contribution is -2.30. The largest absolute Gasteiger partial charge is 0.493 e. The lowest BCUT2D eigenvalue weighted by Gasteiger charge is -2.12. The highest BCUT2D eigenvalue weighted by molar-refractivity contribution is 5.96. The Kier molecular flexibility index (Phi) is 6.87. The highest BCUT2D eigenvalue weighted by Gasteiger charge is 2.23. The van der Waals surface area contributed by atoms with Crippen LogP contribution in [0.25, 0.3) is 0 Å². The number of rotatable bonds is 9. The molecule has 0 bridgehead atoms. The van der Waals surface area contributed by atoms with Crippen LogP contribution >= 0.6 is 0 Å². The van der Waals surface area contributed by atoms with E-state index in [0.717, 1.165) is 19.2 Å².